The second-order valence-electron chi connectivity index (χ2n) is 3.95. The number of anilines is 2. The summed E-state index contributed by atoms with van der Waals surface area (Å²) in [5.41, 5.74) is 7.80. The molecule has 0 saturated heterocycles. The van der Waals surface area contributed by atoms with Gasteiger partial charge >= 0.3 is 0 Å². The summed E-state index contributed by atoms with van der Waals surface area (Å²) in [6.07, 6.45) is 1.45. The highest BCUT2D eigenvalue weighted by molar-refractivity contribution is 7.80. The van der Waals surface area contributed by atoms with Crippen molar-refractivity contribution < 1.29 is 9.21 Å². The molecule has 19 heavy (non-hydrogen) atoms. The lowest BCUT2D eigenvalue weighted by atomic mass is 10.2. The molecule has 0 saturated carbocycles. The van der Waals surface area contributed by atoms with Crippen LogP contribution >= 0.6 is 12.2 Å². The zero-order chi connectivity index (χ0) is 13.8. The van der Waals surface area contributed by atoms with Gasteiger partial charge in [-0.1, -0.05) is 6.07 Å². The lowest BCUT2D eigenvalue weighted by Crippen LogP contribution is -2.19. The van der Waals surface area contributed by atoms with Gasteiger partial charge in [0.25, 0.3) is 5.91 Å². The van der Waals surface area contributed by atoms with Gasteiger partial charge < -0.3 is 20.8 Å². The summed E-state index contributed by atoms with van der Waals surface area (Å²) in [6, 6.07) is 8.66. The minimum atomic E-state index is -0.310. The summed E-state index contributed by atoms with van der Waals surface area (Å²) >= 11 is 4.80. The van der Waals surface area contributed by atoms with Crippen LogP contribution in [0.15, 0.2) is 41.0 Å². The van der Waals surface area contributed by atoms with Crippen LogP contribution in [0.2, 0.25) is 0 Å². The molecule has 6 heteroatoms. The molecule has 5 nitrogen and oxygen atoms in total. The minimum Gasteiger partial charge on any atom is -0.459 e. The molecule has 0 bridgehead atoms. The maximum atomic E-state index is 11.8. The number of nitrogens with two attached hydrogens (primary N) is 1. The van der Waals surface area contributed by atoms with Crippen LogP contribution in [0.4, 0.5) is 11.4 Å². The fourth-order valence-corrected chi connectivity index (χ4v) is 1.68. The fourth-order valence-electron chi connectivity index (χ4n) is 1.57. The number of hydrogen-bond acceptors (Lipinski definition) is 3. The largest absolute Gasteiger partial charge is 0.459 e. The van der Waals surface area contributed by atoms with E-state index in [0.29, 0.717) is 5.69 Å². The summed E-state index contributed by atoms with van der Waals surface area (Å²) in [4.78, 5) is 11.8. The van der Waals surface area contributed by atoms with Gasteiger partial charge in [-0.3, -0.25) is 4.79 Å². The van der Waals surface area contributed by atoms with Crippen LogP contribution in [0.25, 0.3) is 0 Å². The second kappa shape index (κ2) is 5.53. The Morgan fingerprint density at radius 2 is 2.11 bits per heavy atom. The van der Waals surface area contributed by atoms with E-state index in [-0.39, 0.29) is 16.8 Å². The predicted molar refractivity (Wildman–Crippen MR) is 78.2 cm³/mol. The topological polar surface area (TPSA) is 80.3 Å². The van der Waals surface area contributed by atoms with E-state index in [9.17, 15) is 4.79 Å². The molecule has 1 aromatic carbocycles. The van der Waals surface area contributed by atoms with E-state index in [0.717, 1.165) is 11.3 Å². The molecule has 0 radical (unpaired) electrons. The van der Waals surface area contributed by atoms with Crippen molar-refractivity contribution in [1.82, 2.24) is 0 Å². The highest BCUT2D eigenvalue weighted by Crippen LogP contribution is 2.20. The number of carbonyl (C=O) groups is 1. The van der Waals surface area contributed by atoms with Crippen LogP contribution < -0.4 is 16.4 Å². The van der Waals surface area contributed by atoms with Gasteiger partial charge in [0.15, 0.2) is 10.9 Å². The number of hydrogen-bond donors (Lipinski definition) is 3. The standard InChI is InChI=1S/C13H13N3O2S/c1-8-4-5-9(7-10(8)16-13(14)19)15-12(17)11-3-2-6-18-11/h2-7H,1H3,(H,15,17)(H3,14,16,19). The molecule has 2 rings (SSSR count). The van der Waals surface area contributed by atoms with Gasteiger partial charge in [0.1, 0.15) is 0 Å². The van der Waals surface area contributed by atoms with E-state index in [1.54, 1.807) is 24.3 Å². The molecule has 0 fully saturated rings. The molecule has 1 aromatic heterocycles. The Balaban J connectivity index is 2.17. The van der Waals surface area contributed by atoms with Crippen molar-refractivity contribution in [2.45, 2.75) is 6.92 Å². The predicted octanol–water partition coefficient (Wildman–Crippen LogP) is 2.50. The van der Waals surface area contributed by atoms with E-state index in [1.165, 1.54) is 6.26 Å². The van der Waals surface area contributed by atoms with Crippen LogP contribution in [0, 0.1) is 6.92 Å². The van der Waals surface area contributed by atoms with Crippen molar-refractivity contribution in [2.75, 3.05) is 10.6 Å². The van der Waals surface area contributed by atoms with E-state index in [1.807, 2.05) is 13.0 Å². The van der Waals surface area contributed by atoms with Gasteiger partial charge in [0, 0.05) is 11.4 Å². The Bertz CT molecular complexity index is 608. The van der Waals surface area contributed by atoms with E-state index in [2.05, 4.69) is 10.6 Å². The van der Waals surface area contributed by atoms with Gasteiger partial charge in [0.05, 0.1) is 6.26 Å². The average Bonchev–Trinajstić information content (AvgIpc) is 2.86. The van der Waals surface area contributed by atoms with Crippen molar-refractivity contribution in [3.05, 3.63) is 47.9 Å². The number of aryl methyl sites for hydroxylation is 1. The number of benzene rings is 1. The van der Waals surface area contributed by atoms with Crippen LogP contribution in [0.3, 0.4) is 0 Å². The average molecular weight is 275 g/mol. The van der Waals surface area contributed by atoms with E-state index >= 15 is 0 Å². The van der Waals surface area contributed by atoms with Gasteiger partial charge in [-0.25, -0.2) is 0 Å². The van der Waals surface area contributed by atoms with Gasteiger partial charge in [-0.05, 0) is 49.0 Å². The Kier molecular flexibility index (Phi) is 3.82. The molecule has 0 atom stereocenters. The summed E-state index contributed by atoms with van der Waals surface area (Å²) in [5.74, 6) is -0.0560. The SMILES string of the molecule is Cc1ccc(NC(=O)c2ccco2)cc1NC(N)=S. The van der Waals surface area contributed by atoms with Crippen molar-refractivity contribution in [3.8, 4) is 0 Å². The van der Waals surface area contributed by atoms with Crippen LogP contribution in [-0.2, 0) is 0 Å². The molecule has 2 aromatic rings. The minimum absolute atomic E-state index is 0.178. The summed E-state index contributed by atoms with van der Waals surface area (Å²) in [5, 5.41) is 5.76. The Hall–Kier alpha value is -2.34. The van der Waals surface area contributed by atoms with Crippen LogP contribution in [0.1, 0.15) is 16.1 Å². The molecule has 0 spiro atoms. The van der Waals surface area contributed by atoms with Gasteiger partial charge in [-0.15, -0.1) is 0 Å². The first-order valence-corrected chi connectivity index (χ1v) is 5.99. The Labute approximate surface area is 115 Å². The number of nitrogens with one attached hydrogen (secondary N) is 2. The quantitative estimate of drug-likeness (QED) is 0.750. The van der Waals surface area contributed by atoms with Crippen LogP contribution in [0.5, 0.6) is 0 Å². The first-order chi connectivity index (χ1) is 9.06. The fraction of sp³-hybridized carbons (Fsp3) is 0.0769. The monoisotopic (exact) mass is 275 g/mol. The van der Waals surface area contributed by atoms with Gasteiger partial charge in [0.2, 0.25) is 0 Å². The third-order valence-electron chi connectivity index (χ3n) is 2.50. The first kappa shape index (κ1) is 13.1. The number of carbonyl (C=O) groups excluding carboxylic acids is 1. The van der Waals surface area contributed by atoms with Crippen molar-refractivity contribution in [2.24, 2.45) is 5.73 Å². The zero-order valence-corrected chi connectivity index (χ0v) is 11.1. The number of rotatable bonds is 3. The third kappa shape index (κ3) is 3.32. The number of thiocarbonyl (C=S) groups is 1. The summed E-state index contributed by atoms with van der Waals surface area (Å²) in [7, 11) is 0. The molecule has 1 heterocycles. The lowest BCUT2D eigenvalue weighted by Gasteiger charge is -2.10. The first-order valence-electron chi connectivity index (χ1n) is 5.58. The summed E-state index contributed by atoms with van der Waals surface area (Å²) in [6.45, 7) is 1.92. The van der Waals surface area contributed by atoms with Crippen molar-refractivity contribution in [1.29, 1.82) is 0 Å². The van der Waals surface area contributed by atoms with E-state index < -0.39 is 0 Å². The molecule has 4 N–H and O–H groups in total. The Morgan fingerprint density at radius 3 is 2.74 bits per heavy atom. The maximum absolute atomic E-state index is 11.8. The van der Waals surface area contributed by atoms with E-state index in [4.69, 9.17) is 22.4 Å². The molecular formula is C13H13N3O2S. The molecule has 98 valence electrons. The highest BCUT2D eigenvalue weighted by atomic mass is 32.1. The zero-order valence-electron chi connectivity index (χ0n) is 10.3. The molecule has 0 aliphatic carbocycles. The Morgan fingerprint density at radius 1 is 1.32 bits per heavy atom. The third-order valence-corrected chi connectivity index (χ3v) is 2.60. The molecule has 1 amide bonds. The highest BCUT2D eigenvalue weighted by Gasteiger charge is 2.09. The maximum Gasteiger partial charge on any atom is 0.291 e. The van der Waals surface area contributed by atoms with Gasteiger partial charge in [-0.2, -0.15) is 0 Å². The second-order valence-corrected chi connectivity index (χ2v) is 4.39. The lowest BCUT2D eigenvalue weighted by molar-refractivity contribution is 0.0996. The number of amides is 1. The molecule has 0 aliphatic rings. The van der Waals surface area contributed by atoms with Crippen molar-refractivity contribution >= 4 is 34.6 Å². The molecule has 0 aliphatic heterocycles. The summed E-state index contributed by atoms with van der Waals surface area (Å²) < 4.78 is 5.02. The molecular weight excluding hydrogens is 262 g/mol. The molecule has 0 unspecified atom stereocenters. The number of furan rings is 1. The smallest absolute Gasteiger partial charge is 0.291 e. The van der Waals surface area contributed by atoms with Crippen molar-refractivity contribution in [3.63, 3.8) is 0 Å². The van der Waals surface area contributed by atoms with Crippen LogP contribution in [-0.4, -0.2) is 11.0 Å². The normalized spacial score (nSPS) is 9.95.